The van der Waals surface area contributed by atoms with Crippen LogP contribution in [0, 0.1) is 0 Å². The van der Waals surface area contributed by atoms with Crippen molar-refractivity contribution in [1.29, 1.82) is 0 Å². The van der Waals surface area contributed by atoms with Gasteiger partial charge in [-0.3, -0.25) is 14.5 Å². The van der Waals surface area contributed by atoms with Crippen molar-refractivity contribution in [2.24, 2.45) is 0 Å². The largest absolute Gasteiger partial charge is 0.508 e. The summed E-state index contributed by atoms with van der Waals surface area (Å²) in [6.07, 6.45) is 2.53. The first-order valence-corrected chi connectivity index (χ1v) is 9.65. The first-order chi connectivity index (χ1) is 13.0. The lowest BCUT2D eigenvalue weighted by Crippen LogP contribution is -2.29. The van der Waals surface area contributed by atoms with Gasteiger partial charge in [0.2, 0.25) is 5.91 Å². The molecule has 2 amide bonds. The molecule has 1 aliphatic heterocycles. The molecule has 2 N–H and O–H groups in total. The summed E-state index contributed by atoms with van der Waals surface area (Å²) in [6.45, 7) is 0.393. The monoisotopic (exact) mass is 398 g/mol. The number of nitrogens with zero attached hydrogens (tertiary/aromatic N) is 1. The number of hydrogen-bond donors (Lipinski definition) is 2. The summed E-state index contributed by atoms with van der Waals surface area (Å²) in [5.41, 5.74) is 1.49. The topological polar surface area (TPSA) is 69.6 Å². The predicted octanol–water partition coefficient (Wildman–Crippen LogP) is 4.01. The van der Waals surface area contributed by atoms with Gasteiger partial charge in [0.25, 0.3) is 5.91 Å². The highest BCUT2D eigenvalue weighted by Gasteiger charge is 2.31. The molecule has 1 saturated heterocycles. The van der Waals surface area contributed by atoms with Crippen molar-refractivity contribution in [2.45, 2.75) is 12.8 Å². The van der Waals surface area contributed by atoms with Crippen molar-refractivity contribution in [1.82, 2.24) is 4.90 Å². The zero-order valence-corrected chi connectivity index (χ0v) is 16.1. The molecule has 0 aromatic heterocycles. The number of phenolic OH excluding ortho intramolecular Hbond substituents is 1. The number of para-hydroxylation sites is 1. The molecule has 1 aliphatic rings. The summed E-state index contributed by atoms with van der Waals surface area (Å²) in [5, 5.41) is 12.4. The third-order valence-electron chi connectivity index (χ3n) is 3.88. The maximum Gasteiger partial charge on any atom is 0.266 e. The van der Waals surface area contributed by atoms with Crippen LogP contribution < -0.4 is 5.32 Å². The van der Waals surface area contributed by atoms with Crippen LogP contribution >= 0.6 is 24.0 Å². The van der Waals surface area contributed by atoms with Crippen molar-refractivity contribution < 1.29 is 14.7 Å². The Bertz CT molecular complexity index is 897. The van der Waals surface area contributed by atoms with Crippen LogP contribution in [-0.2, 0) is 9.59 Å². The number of carbonyl (C=O) groups is 2. The van der Waals surface area contributed by atoms with Gasteiger partial charge in [0.1, 0.15) is 10.1 Å². The number of anilines is 1. The van der Waals surface area contributed by atoms with Gasteiger partial charge >= 0.3 is 0 Å². The van der Waals surface area contributed by atoms with E-state index >= 15 is 0 Å². The summed E-state index contributed by atoms with van der Waals surface area (Å²) >= 11 is 6.53. The van der Waals surface area contributed by atoms with Crippen molar-refractivity contribution in [3.63, 3.8) is 0 Å². The molecule has 0 unspecified atom stereocenters. The number of aromatic hydroxyl groups is 1. The number of phenols is 1. The zero-order chi connectivity index (χ0) is 19.2. The Morgan fingerprint density at radius 1 is 1.19 bits per heavy atom. The SMILES string of the molecule is O=C(CCCN1C(=O)/C(=C/c2cccc(O)c2)SC1=S)Nc1ccccc1. The van der Waals surface area contributed by atoms with Gasteiger partial charge in [0, 0.05) is 18.7 Å². The maximum absolute atomic E-state index is 12.6. The maximum atomic E-state index is 12.6. The Morgan fingerprint density at radius 2 is 1.96 bits per heavy atom. The van der Waals surface area contributed by atoms with E-state index in [1.165, 1.54) is 16.7 Å². The number of thiocarbonyl (C=S) groups is 1. The molecule has 0 aliphatic carbocycles. The van der Waals surface area contributed by atoms with E-state index in [1.807, 2.05) is 30.3 Å². The second-order valence-electron chi connectivity index (χ2n) is 5.95. The molecule has 0 saturated carbocycles. The van der Waals surface area contributed by atoms with Crippen LogP contribution in [0.25, 0.3) is 6.08 Å². The lowest BCUT2D eigenvalue weighted by Gasteiger charge is -2.14. The van der Waals surface area contributed by atoms with E-state index in [9.17, 15) is 14.7 Å². The summed E-state index contributed by atoms with van der Waals surface area (Å²) < 4.78 is 0.481. The van der Waals surface area contributed by atoms with Crippen LogP contribution in [0.4, 0.5) is 5.69 Å². The van der Waals surface area contributed by atoms with Gasteiger partial charge in [-0.25, -0.2) is 0 Å². The molecule has 138 valence electrons. The average molecular weight is 399 g/mol. The molecule has 1 heterocycles. The minimum absolute atomic E-state index is 0.0954. The van der Waals surface area contributed by atoms with Gasteiger partial charge in [0.05, 0.1) is 4.91 Å². The van der Waals surface area contributed by atoms with E-state index in [1.54, 1.807) is 30.3 Å². The van der Waals surface area contributed by atoms with Crippen LogP contribution in [-0.4, -0.2) is 32.7 Å². The minimum Gasteiger partial charge on any atom is -0.508 e. The van der Waals surface area contributed by atoms with E-state index < -0.39 is 0 Å². The molecule has 7 heteroatoms. The highest BCUT2D eigenvalue weighted by Crippen LogP contribution is 2.33. The average Bonchev–Trinajstić information content (AvgIpc) is 2.90. The normalized spacial score (nSPS) is 15.4. The second kappa shape index (κ2) is 8.83. The Kier molecular flexibility index (Phi) is 6.26. The van der Waals surface area contributed by atoms with Gasteiger partial charge in [-0.2, -0.15) is 0 Å². The van der Waals surface area contributed by atoms with Gasteiger partial charge in [-0.1, -0.05) is 54.3 Å². The molecule has 2 aromatic rings. The van der Waals surface area contributed by atoms with Crippen molar-refractivity contribution in [3.05, 3.63) is 65.1 Å². The van der Waals surface area contributed by atoms with Gasteiger partial charge in [0.15, 0.2) is 0 Å². The van der Waals surface area contributed by atoms with E-state index in [4.69, 9.17) is 12.2 Å². The standard InChI is InChI=1S/C20H18N2O3S2/c23-16-9-4-6-14(12-16)13-17-19(25)22(20(26)27-17)11-5-10-18(24)21-15-7-2-1-3-8-15/h1-4,6-9,12-13,23H,5,10-11H2,(H,21,24)/b17-13-. The number of carbonyl (C=O) groups excluding carboxylic acids is 2. The number of rotatable bonds is 6. The number of benzene rings is 2. The molecule has 5 nitrogen and oxygen atoms in total. The van der Waals surface area contributed by atoms with E-state index in [2.05, 4.69) is 5.32 Å². The van der Waals surface area contributed by atoms with Crippen LogP contribution in [0.5, 0.6) is 5.75 Å². The Hall–Kier alpha value is -2.64. The Balaban J connectivity index is 1.54. The number of nitrogens with one attached hydrogen (secondary N) is 1. The third-order valence-corrected chi connectivity index (χ3v) is 5.26. The van der Waals surface area contributed by atoms with E-state index in [0.29, 0.717) is 28.6 Å². The van der Waals surface area contributed by atoms with Crippen LogP contribution in [0.15, 0.2) is 59.5 Å². The van der Waals surface area contributed by atoms with Crippen LogP contribution in [0.3, 0.4) is 0 Å². The molecule has 1 fully saturated rings. The fourth-order valence-electron chi connectivity index (χ4n) is 2.60. The van der Waals surface area contributed by atoms with Crippen LogP contribution in [0.1, 0.15) is 18.4 Å². The summed E-state index contributed by atoms with van der Waals surface area (Å²) in [7, 11) is 0. The summed E-state index contributed by atoms with van der Waals surface area (Å²) in [5.74, 6) is -0.123. The minimum atomic E-state index is -0.170. The van der Waals surface area contributed by atoms with Crippen molar-refractivity contribution in [2.75, 3.05) is 11.9 Å². The van der Waals surface area contributed by atoms with Crippen molar-refractivity contribution >= 4 is 51.9 Å². The zero-order valence-electron chi connectivity index (χ0n) is 14.4. The van der Waals surface area contributed by atoms with E-state index in [0.717, 1.165) is 11.3 Å². The quantitative estimate of drug-likeness (QED) is 0.568. The second-order valence-corrected chi connectivity index (χ2v) is 7.62. The summed E-state index contributed by atoms with van der Waals surface area (Å²) in [6, 6.07) is 15.9. The molecule has 0 bridgehead atoms. The number of hydrogen-bond acceptors (Lipinski definition) is 5. The number of amides is 2. The van der Waals surface area contributed by atoms with E-state index in [-0.39, 0.29) is 17.6 Å². The Labute approximate surface area is 167 Å². The lowest BCUT2D eigenvalue weighted by atomic mass is 10.2. The molecule has 0 radical (unpaired) electrons. The molecule has 0 spiro atoms. The fourth-order valence-corrected chi connectivity index (χ4v) is 3.91. The highest BCUT2D eigenvalue weighted by molar-refractivity contribution is 8.26. The molecular weight excluding hydrogens is 380 g/mol. The molecule has 0 atom stereocenters. The highest BCUT2D eigenvalue weighted by atomic mass is 32.2. The molecule has 2 aromatic carbocycles. The molecule has 3 rings (SSSR count). The third kappa shape index (κ3) is 5.18. The fraction of sp³-hybridized carbons (Fsp3) is 0.150. The van der Waals surface area contributed by atoms with Crippen molar-refractivity contribution in [3.8, 4) is 5.75 Å². The first kappa shape index (κ1) is 19.1. The predicted molar refractivity (Wildman–Crippen MR) is 112 cm³/mol. The first-order valence-electron chi connectivity index (χ1n) is 8.42. The van der Waals surface area contributed by atoms with Gasteiger partial charge < -0.3 is 10.4 Å². The van der Waals surface area contributed by atoms with Crippen LogP contribution in [0.2, 0.25) is 0 Å². The summed E-state index contributed by atoms with van der Waals surface area (Å²) in [4.78, 5) is 26.6. The Morgan fingerprint density at radius 3 is 2.70 bits per heavy atom. The van der Waals surface area contributed by atoms with Gasteiger partial charge in [-0.15, -0.1) is 0 Å². The molecule has 27 heavy (non-hydrogen) atoms. The van der Waals surface area contributed by atoms with Gasteiger partial charge in [-0.05, 0) is 42.3 Å². The number of thioether (sulfide) groups is 1. The lowest BCUT2D eigenvalue weighted by molar-refractivity contribution is -0.122. The molecular formula is C20H18N2O3S2. The smallest absolute Gasteiger partial charge is 0.266 e.